The molecule has 5 heteroatoms. The second kappa shape index (κ2) is 3.79. The van der Waals surface area contributed by atoms with Crippen LogP contribution < -0.4 is 10.4 Å². The highest BCUT2D eigenvalue weighted by Gasteiger charge is 2.02. The van der Waals surface area contributed by atoms with Crippen molar-refractivity contribution in [2.75, 3.05) is 0 Å². The first-order valence-corrected chi connectivity index (χ1v) is 5.13. The van der Waals surface area contributed by atoms with Gasteiger partial charge in [-0.25, -0.2) is 4.79 Å². The first-order chi connectivity index (χ1) is 8.31. The van der Waals surface area contributed by atoms with E-state index < -0.39 is 0 Å². The maximum Gasteiger partial charge on any atom is 0.325 e. The van der Waals surface area contributed by atoms with Gasteiger partial charge in [-0.15, -0.1) is 0 Å². The molecule has 0 saturated carbocycles. The first kappa shape index (κ1) is 9.65. The highest BCUT2D eigenvalue weighted by atomic mass is 16.5. The molecule has 2 N–H and O–H groups in total. The molecule has 0 amide bonds. The fraction of sp³-hybridized carbons (Fsp3) is 0. The number of benzene rings is 1. The van der Waals surface area contributed by atoms with Gasteiger partial charge in [0, 0.05) is 6.07 Å². The van der Waals surface area contributed by atoms with Crippen LogP contribution in [0.25, 0.3) is 11.2 Å². The van der Waals surface area contributed by atoms with E-state index in [0.29, 0.717) is 22.8 Å². The highest BCUT2D eigenvalue weighted by Crippen LogP contribution is 2.19. The molecule has 0 aliphatic rings. The lowest BCUT2D eigenvalue weighted by molar-refractivity contribution is 0.465. The van der Waals surface area contributed by atoms with Crippen molar-refractivity contribution in [3.05, 3.63) is 52.9 Å². The van der Waals surface area contributed by atoms with Crippen molar-refractivity contribution in [2.45, 2.75) is 0 Å². The lowest BCUT2D eigenvalue weighted by atomic mass is 10.3. The molecule has 0 saturated heterocycles. The van der Waals surface area contributed by atoms with E-state index in [9.17, 15) is 4.79 Å². The average molecular weight is 227 g/mol. The summed E-state index contributed by atoms with van der Waals surface area (Å²) < 4.78 is 5.55. The summed E-state index contributed by atoms with van der Waals surface area (Å²) in [4.78, 5) is 20.5. The maximum atomic E-state index is 11.1. The van der Waals surface area contributed by atoms with E-state index >= 15 is 0 Å². The average Bonchev–Trinajstić information content (AvgIpc) is 2.70. The SMILES string of the molecule is O=c1[nH]c2ccc(Oc3ccccc3)nc2[nH]1. The predicted molar refractivity (Wildman–Crippen MR) is 63.2 cm³/mol. The molecule has 0 radical (unpaired) electrons. The van der Waals surface area contributed by atoms with Crippen LogP contribution in [0.1, 0.15) is 0 Å². The molecular weight excluding hydrogens is 218 g/mol. The van der Waals surface area contributed by atoms with E-state index in [1.54, 1.807) is 12.1 Å². The molecule has 0 aliphatic heterocycles. The van der Waals surface area contributed by atoms with Gasteiger partial charge >= 0.3 is 5.69 Å². The van der Waals surface area contributed by atoms with Crippen LogP contribution in [0.3, 0.4) is 0 Å². The monoisotopic (exact) mass is 227 g/mol. The summed E-state index contributed by atoms with van der Waals surface area (Å²) in [5.74, 6) is 1.15. The van der Waals surface area contributed by atoms with Crippen LogP contribution in [-0.4, -0.2) is 15.0 Å². The Labute approximate surface area is 96.1 Å². The minimum Gasteiger partial charge on any atom is -0.439 e. The quantitative estimate of drug-likeness (QED) is 0.703. The lowest BCUT2D eigenvalue weighted by Crippen LogP contribution is -1.99. The molecule has 2 aromatic heterocycles. The smallest absolute Gasteiger partial charge is 0.325 e. The van der Waals surface area contributed by atoms with Crippen LogP contribution in [0.2, 0.25) is 0 Å². The first-order valence-electron chi connectivity index (χ1n) is 5.13. The number of nitrogens with zero attached hydrogens (tertiary/aromatic N) is 1. The molecule has 17 heavy (non-hydrogen) atoms. The van der Waals surface area contributed by atoms with Gasteiger partial charge in [0.15, 0.2) is 5.65 Å². The molecular formula is C12H9N3O2. The van der Waals surface area contributed by atoms with Crippen molar-refractivity contribution in [3.8, 4) is 11.6 Å². The second-order valence-electron chi connectivity index (χ2n) is 3.54. The number of hydrogen-bond acceptors (Lipinski definition) is 3. The summed E-state index contributed by atoms with van der Waals surface area (Å²) in [7, 11) is 0. The fourth-order valence-electron chi connectivity index (χ4n) is 1.56. The maximum absolute atomic E-state index is 11.1. The second-order valence-corrected chi connectivity index (χ2v) is 3.54. The topological polar surface area (TPSA) is 70.8 Å². The third-order valence-electron chi connectivity index (χ3n) is 2.32. The van der Waals surface area contributed by atoms with Gasteiger partial charge in [0.25, 0.3) is 0 Å². The van der Waals surface area contributed by atoms with Crippen LogP contribution in [0.15, 0.2) is 47.3 Å². The van der Waals surface area contributed by atoms with E-state index in [0.717, 1.165) is 0 Å². The van der Waals surface area contributed by atoms with Gasteiger partial charge in [-0.2, -0.15) is 4.98 Å². The van der Waals surface area contributed by atoms with E-state index in [-0.39, 0.29) is 5.69 Å². The van der Waals surface area contributed by atoms with Crippen LogP contribution in [0, 0.1) is 0 Å². The largest absolute Gasteiger partial charge is 0.439 e. The van der Waals surface area contributed by atoms with Crippen molar-refractivity contribution in [3.63, 3.8) is 0 Å². The minimum absolute atomic E-state index is 0.274. The summed E-state index contributed by atoms with van der Waals surface area (Å²) >= 11 is 0. The number of hydrogen-bond donors (Lipinski definition) is 2. The van der Waals surface area contributed by atoms with E-state index in [2.05, 4.69) is 15.0 Å². The molecule has 5 nitrogen and oxygen atoms in total. The Bertz CT molecular complexity index is 700. The van der Waals surface area contributed by atoms with Crippen molar-refractivity contribution >= 4 is 11.2 Å². The zero-order valence-electron chi connectivity index (χ0n) is 8.81. The summed E-state index contributed by atoms with van der Waals surface area (Å²) in [6, 6.07) is 12.8. The number of para-hydroxylation sites is 1. The Morgan fingerprint density at radius 1 is 1.00 bits per heavy atom. The number of fused-ring (bicyclic) bond motifs is 1. The van der Waals surface area contributed by atoms with Crippen molar-refractivity contribution < 1.29 is 4.74 Å². The standard InChI is InChI=1S/C12H9N3O2/c16-12-13-9-6-7-10(14-11(9)15-12)17-8-4-2-1-3-5-8/h1-7H,(H2,13,14,15,16). The Morgan fingerprint density at radius 2 is 1.82 bits per heavy atom. The Hall–Kier alpha value is -2.56. The van der Waals surface area contributed by atoms with E-state index in [1.165, 1.54) is 0 Å². The number of aromatic nitrogens is 3. The van der Waals surface area contributed by atoms with Gasteiger partial charge in [-0.05, 0) is 18.2 Å². The molecule has 0 aliphatic carbocycles. The van der Waals surface area contributed by atoms with E-state index in [1.807, 2.05) is 30.3 Å². The van der Waals surface area contributed by atoms with E-state index in [4.69, 9.17) is 4.74 Å². The molecule has 0 unspecified atom stereocenters. The molecule has 3 rings (SSSR count). The zero-order valence-corrected chi connectivity index (χ0v) is 8.81. The molecule has 1 aromatic carbocycles. The Morgan fingerprint density at radius 3 is 2.65 bits per heavy atom. The molecule has 2 heterocycles. The van der Waals surface area contributed by atoms with Gasteiger partial charge < -0.3 is 9.72 Å². The molecule has 3 aromatic rings. The molecule has 0 fully saturated rings. The summed E-state index contributed by atoms with van der Waals surface area (Å²) in [5.41, 5.74) is 0.878. The van der Waals surface area contributed by atoms with Crippen molar-refractivity contribution in [2.24, 2.45) is 0 Å². The molecule has 0 bridgehead atoms. The van der Waals surface area contributed by atoms with Gasteiger partial charge in [0.2, 0.25) is 5.88 Å². The number of imidazole rings is 1. The van der Waals surface area contributed by atoms with Crippen molar-refractivity contribution in [1.29, 1.82) is 0 Å². The summed E-state index contributed by atoms with van der Waals surface area (Å²) in [6.07, 6.45) is 0. The minimum atomic E-state index is -0.274. The van der Waals surface area contributed by atoms with Crippen LogP contribution in [-0.2, 0) is 0 Å². The lowest BCUT2D eigenvalue weighted by Gasteiger charge is -2.03. The van der Waals surface area contributed by atoms with Crippen LogP contribution >= 0.6 is 0 Å². The van der Waals surface area contributed by atoms with Crippen LogP contribution in [0.4, 0.5) is 0 Å². The van der Waals surface area contributed by atoms with Gasteiger partial charge in [0.05, 0.1) is 5.52 Å². The predicted octanol–water partition coefficient (Wildman–Crippen LogP) is 2.04. The van der Waals surface area contributed by atoms with Crippen molar-refractivity contribution in [1.82, 2.24) is 15.0 Å². The molecule has 84 valence electrons. The number of ether oxygens (including phenoxy) is 1. The zero-order chi connectivity index (χ0) is 11.7. The van der Waals surface area contributed by atoms with Gasteiger partial charge in [-0.3, -0.25) is 4.98 Å². The number of nitrogens with one attached hydrogen (secondary N) is 2. The number of rotatable bonds is 2. The number of pyridine rings is 1. The molecule has 0 spiro atoms. The van der Waals surface area contributed by atoms with Gasteiger partial charge in [-0.1, -0.05) is 18.2 Å². The highest BCUT2D eigenvalue weighted by molar-refractivity contribution is 5.70. The number of aromatic amines is 2. The number of H-pyrrole nitrogens is 2. The third-order valence-corrected chi connectivity index (χ3v) is 2.32. The fourth-order valence-corrected chi connectivity index (χ4v) is 1.56. The van der Waals surface area contributed by atoms with Crippen LogP contribution in [0.5, 0.6) is 11.6 Å². The third kappa shape index (κ3) is 1.90. The van der Waals surface area contributed by atoms with Gasteiger partial charge in [0.1, 0.15) is 5.75 Å². The Kier molecular flexibility index (Phi) is 2.15. The molecule has 0 atom stereocenters. The Balaban J connectivity index is 1.98. The summed E-state index contributed by atoms with van der Waals surface area (Å²) in [5, 5.41) is 0. The summed E-state index contributed by atoms with van der Waals surface area (Å²) in [6.45, 7) is 0. The normalized spacial score (nSPS) is 10.6.